The van der Waals surface area contributed by atoms with Crippen LogP contribution in [0.1, 0.15) is 11.1 Å². The fourth-order valence-corrected chi connectivity index (χ4v) is 4.24. The van der Waals surface area contributed by atoms with E-state index in [0.29, 0.717) is 20.9 Å². The van der Waals surface area contributed by atoms with E-state index in [-0.39, 0.29) is 0 Å². The van der Waals surface area contributed by atoms with Crippen molar-refractivity contribution in [3.8, 4) is 12.1 Å². The number of nitrogens with zero attached hydrogens (tertiary/aromatic N) is 2. The van der Waals surface area contributed by atoms with Gasteiger partial charge in [0.05, 0.1) is 33.1 Å². The van der Waals surface area contributed by atoms with Gasteiger partial charge in [0.1, 0.15) is 19.7 Å². The molecule has 4 nitrogen and oxygen atoms in total. The van der Waals surface area contributed by atoms with E-state index >= 15 is 0 Å². The molecule has 0 aliphatic rings. The van der Waals surface area contributed by atoms with Crippen LogP contribution in [0.15, 0.2) is 58.3 Å². The highest BCUT2D eigenvalue weighted by atomic mass is 33.1. The molecule has 0 aromatic heterocycles. The maximum atomic E-state index is 12.2. The first kappa shape index (κ1) is 14.1. The predicted octanol–water partition coefficient (Wildman–Crippen LogP) is 2.26. The molecule has 0 saturated carbocycles. The monoisotopic (exact) mass is 300 g/mol. The molecule has 20 heavy (non-hydrogen) atoms. The summed E-state index contributed by atoms with van der Waals surface area (Å²) in [6, 6.07) is 16.1. The normalized spacial score (nSPS) is 12.9. The maximum Gasteiger partial charge on any atom is 0.148 e. The van der Waals surface area contributed by atoms with Crippen molar-refractivity contribution in [1.82, 2.24) is 0 Å². The predicted molar refractivity (Wildman–Crippen MR) is 75.1 cm³/mol. The van der Waals surface area contributed by atoms with Crippen molar-refractivity contribution >= 4 is 19.7 Å². The van der Waals surface area contributed by atoms with Crippen molar-refractivity contribution in [2.75, 3.05) is 0 Å². The number of nitriles is 2. The van der Waals surface area contributed by atoms with Crippen LogP contribution < -0.4 is 0 Å². The first-order valence-corrected chi connectivity index (χ1v) is 8.31. The van der Waals surface area contributed by atoms with E-state index in [9.17, 15) is 8.42 Å². The first-order valence-electron chi connectivity index (χ1n) is 5.50. The molecule has 0 bridgehead atoms. The summed E-state index contributed by atoms with van der Waals surface area (Å²) in [7, 11) is -3.44. The fourth-order valence-electron chi connectivity index (χ4n) is 1.46. The topological polar surface area (TPSA) is 81.7 Å². The second-order valence-corrected chi connectivity index (χ2v) is 7.44. The van der Waals surface area contributed by atoms with Crippen LogP contribution in [-0.2, 0) is 19.7 Å². The van der Waals surface area contributed by atoms with Gasteiger partial charge >= 0.3 is 0 Å². The van der Waals surface area contributed by atoms with Crippen LogP contribution in [0.4, 0.5) is 0 Å². The van der Waals surface area contributed by atoms with Gasteiger partial charge in [-0.1, -0.05) is 0 Å². The lowest BCUT2D eigenvalue weighted by atomic mass is 10.2. The minimum Gasteiger partial charge on any atom is -0.240 e. The summed E-state index contributed by atoms with van der Waals surface area (Å²) in [5.74, 6) is 0. The molecule has 2 aromatic rings. The molecule has 0 heterocycles. The van der Waals surface area contributed by atoms with E-state index in [4.69, 9.17) is 10.5 Å². The van der Waals surface area contributed by atoms with Gasteiger partial charge in [-0.25, -0.2) is 8.42 Å². The van der Waals surface area contributed by atoms with Crippen molar-refractivity contribution in [3.63, 3.8) is 0 Å². The summed E-state index contributed by atoms with van der Waals surface area (Å²) in [4.78, 5) is 0.790. The second kappa shape index (κ2) is 6.25. The quantitative estimate of drug-likeness (QED) is 0.814. The van der Waals surface area contributed by atoms with Crippen LogP contribution in [0.5, 0.6) is 0 Å². The number of hydrogen-bond donors (Lipinski definition) is 0. The van der Waals surface area contributed by atoms with Gasteiger partial charge in [0.15, 0.2) is 0 Å². The van der Waals surface area contributed by atoms with Crippen molar-refractivity contribution in [2.45, 2.75) is 9.79 Å². The highest BCUT2D eigenvalue weighted by Gasteiger charge is 2.14. The van der Waals surface area contributed by atoms with E-state index < -0.39 is 19.7 Å². The summed E-state index contributed by atoms with van der Waals surface area (Å²) >= 11 is 0. The maximum absolute atomic E-state index is 12.2. The Bertz CT molecular complexity index is 686. The Morgan fingerprint density at radius 3 is 1.20 bits per heavy atom. The van der Waals surface area contributed by atoms with Crippen molar-refractivity contribution < 1.29 is 8.42 Å². The Balaban J connectivity index is 2.25. The molecule has 0 aliphatic heterocycles. The van der Waals surface area contributed by atoms with Gasteiger partial charge in [-0.05, 0) is 48.5 Å². The minimum absolute atomic E-state index is 0.395. The molecule has 0 aliphatic carbocycles. The zero-order valence-electron chi connectivity index (χ0n) is 10.1. The van der Waals surface area contributed by atoms with Crippen molar-refractivity contribution in [1.29, 1.82) is 10.5 Å². The molecule has 0 saturated heterocycles. The zero-order chi connectivity index (χ0) is 14.5. The molecule has 0 spiro atoms. The van der Waals surface area contributed by atoms with Crippen LogP contribution in [0.2, 0.25) is 0 Å². The Morgan fingerprint density at radius 1 is 0.650 bits per heavy atom. The van der Waals surface area contributed by atoms with E-state index in [1.807, 2.05) is 12.1 Å². The summed E-state index contributed by atoms with van der Waals surface area (Å²) in [5, 5.41) is 17.4. The number of hydrogen-bond acceptors (Lipinski definition) is 4. The number of rotatable bonds is 3. The summed E-state index contributed by atoms with van der Waals surface area (Å²) in [6.07, 6.45) is 0. The van der Waals surface area contributed by atoms with Crippen LogP contribution in [0, 0.1) is 22.7 Å². The smallest absolute Gasteiger partial charge is 0.148 e. The lowest BCUT2D eigenvalue weighted by molar-refractivity contribution is 0.677. The van der Waals surface area contributed by atoms with Crippen LogP contribution in [0.25, 0.3) is 0 Å². The van der Waals surface area contributed by atoms with Crippen molar-refractivity contribution in [3.05, 3.63) is 59.7 Å². The SMILES string of the molecule is N#Cc1ccc(S(=O)S(=O)c2ccc(C#N)cc2)cc1. The highest BCUT2D eigenvalue weighted by Crippen LogP contribution is 2.18. The Kier molecular flexibility index (Phi) is 4.41. The molecule has 0 amide bonds. The van der Waals surface area contributed by atoms with E-state index in [1.165, 1.54) is 48.5 Å². The van der Waals surface area contributed by atoms with Gasteiger partial charge in [0.2, 0.25) is 0 Å². The van der Waals surface area contributed by atoms with E-state index in [1.54, 1.807) is 0 Å². The lowest BCUT2D eigenvalue weighted by Crippen LogP contribution is -2.01. The number of benzene rings is 2. The minimum atomic E-state index is -1.72. The zero-order valence-corrected chi connectivity index (χ0v) is 11.8. The average molecular weight is 300 g/mol. The van der Waals surface area contributed by atoms with Crippen LogP contribution in [-0.4, -0.2) is 8.42 Å². The van der Waals surface area contributed by atoms with E-state index in [2.05, 4.69) is 0 Å². The van der Waals surface area contributed by atoms with Gasteiger partial charge in [-0.2, -0.15) is 10.5 Å². The molecule has 98 valence electrons. The van der Waals surface area contributed by atoms with Gasteiger partial charge < -0.3 is 0 Å². The third kappa shape index (κ3) is 3.00. The van der Waals surface area contributed by atoms with E-state index in [0.717, 1.165) is 0 Å². The first-order chi connectivity index (χ1) is 9.65. The summed E-state index contributed by atoms with van der Waals surface area (Å²) in [5.41, 5.74) is 0.907. The standard InChI is InChI=1S/C14H8N2O2S2/c15-9-11-1-5-13(6-2-11)19(17)20(18)14-7-3-12(10-16)4-8-14/h1-8H. The second-order valence-electron chi connectivity index (χ2n) is 3.74. The Morgan fingerprint density at radius 2 is 0.950 bits per heavy atom. The third-order valence-electron chi connectivity index (χ3n) is 2.49. The molecule has 0 fully saturated rings. The van der Waals surface area contributed by atoms with Gasteiger partial charge in [-0.3, -0.25) is 0 Å². The molecule has 0 radical (unpaired) electrons. The lowest BCUT2D eigenvalue weighted by Gasteiger charge is -2.02. The van der Waals surface area contributed by atoms with Gasteiger partial charge in [0, 0.05) is 0 Å². The molecule has 2 unspecified atom stereocenters. The van der Waals surface area contributed by atoms with Crippen molar-refractivity contribution in [2.24, 2.45) is 0 Å². The Hall–Kier alpha value is -2.28. The third-order valence-corrected chi connectivity index (χ3v) is 6.06. The molecular weight excluding hydrogens is 292 g/mol. The summed E-state index contributed by atoms with van der Waals surface area (Å²) < 4.78 is 24.3. The molecule has 0 N–H and O–H groups in total. The summed E-state index contributed by atoms with van der Waals surface area (Å²) in [6.45, 7) is 0. The Labute approximate surface area is 120 Å². The molecule has 2 rings (SSSR count). The van der Waals surface area contributed by atoms with Crippen LogP contribution in [0.3, 0.4) is 0 Å². The van der Waals surface area contributed by atoms with Gasteiger partial charge in [-0.15, -0.1) is 0 Å². The largest absolute Gasteiger partial charge is 0.240 e. The molecule has 2 atom stereocenters. The highest BCUT2D eigenvalue weighted by molar-refractivity contribution is 8.61. The molecule has 2 aromatic carbocycles. The average Bonchev–Trinajstić information content (AvgIpc) is 2.53. The fraction of sp³-hybridized carbons (Fsp3) is 0. The molecule has 6 heteroatoms. The molecular formula is C14H8N2O2S2. The van der Waals surface area contributed by atoms with Gasteiger partial charge in [0.25, 0.3) is 0 Å². The van der Waals surface area contributed by atoms with Crippen LogP contribution >= 0.6 is 0 Å².